The second kappa shape index (κ2) is 9.60. The van der Waals surface area contributed by atoms with Gasteiger partial charge in [0.2, 0.25) is 0 Å². The summed E-state index contributed by atoms with van der Waals surface area (Å²) in [6.45, 7) is 13.9. The number of hydrogen-bond donors (Lipinski definition) is 2. The number of aliphatic carboxylic acids is 1. The van der Waals surface area contributed by atoms with Crippen LogP contribution in [0.15, 0.2) is 0 Å². The molecule has 0 unspecified atom stereocenters. The van der Waals surface area contributed by atoms with Crippen LogP contribution in [0.25, 0.3) is 0 Å². The lowest BCUT2D eigenvalue weighted by atomic mass is 10.2. The number of rotatable bonds is 9. The molecule has 0 bridgehead atoms. The number of nitrogens with one attached hydrogen (secondary N) is 1. The number of carboxylic acid groups (broad SMARTS) is 1. The molecule has 0 saturated carbocycles. The van der Waals surface area contributed by atoms with Crippen LogP contribution in [0.1, 0.15) is 48.0 Å². The van der Waals surface area contributed by atoms with Crippen molar-refractivity contribution < 1.29 is 14.7 Å². The molecule has 0 aliphatic heterocycles. The molecule has 0 aromatic rings. The van der Waals surface area contributed by atoms with Crippen molar-refractivity contribution in [2.24, 2.45) is 0 Å². The van der Waals surface area contributed by atoms with Gasteiger partial charge in [-0.25, -0.2) is 4.79 Å². The number of hydrogen-bond acceptors (Lipinski definition) is 3. The zero-order valence-electron chi connectivity index (χ0n) is 14.2. The van der Waals surface area contributed by atoms with Crippen LogP contribution >= 0.6 is 0 Å². The lowest BCUT2D eigenvalue weighted by Crippen LogP contribution is -2.48. The summed E-state index contributed by atoms with van der Waals surface area (Å²) in [7, 11) is 0. The molecular formula is C15H31N3O3. The first-order valence-corrected chi connectivity index (χ1v) is 7.68. The van der Waals surface area contributed by atoms with E-state index in [1.54, 1.807) is 4.90 Å². The molecule has 0 atom stereocenters. The molecule has 6 heteroatoms. The largest absolute Gasteiger partial charge is 0.481 e. The summed E-state index contributed by atoms with van der Waals surface area (Å²) in [5.74, 6) is -0.890. The number of amides is 2. The molecule has 21 heavy (non-hydrogen) atoms. The van der Waals surface area contributed by atoms with Gasteiger partial charge in [0.15, 0.2) is 0 Å². The Morgan fingerprint density at radius 2 is 1.48 bits per heavy atom. The van der Waals surface area contributed by atoms with E-state index >= 15 is 0 Å². The Hall–Kier alpha value is -1.30. The molecule has 6 nitrogen and oxygen atoms in total. The van der Waals surface area contributed by atoms with Gasteiger partial charge in [-0.2, -0.15) is 0 Å². The van der Waals surface area contributed by atoms with Crippen molar-refractivity contribution in [3.63, 3.8) is 0 Å². The van der Waals surface area contributed by atoms with Gasteiger partial charge in [-0.05, 0) is 41.5 Å². The fourth-order valence-electron chi connectivity index (χ4n) is 2.32. The summed E-state index contributed by atoms with van der Waals surface area (Å²) in [5, 5.41) is 11.6. The molecule has 124 valence electrons. The summed E-state index contributed by atoms with van der Waals surface area (Å²) >= 11 is 0. The number of carbonyl (C=O) groups is 2. The third-order valence-electron chi connectivity index (χ3n) is 3.42. The van der Waals surface area contributed by atoms with Gasteiger partial charge in [-0.15, -0.1) is 0 Å². The van der Waals surface area contributed by atoms with E-state index in [0.29, 0.717) is 18.6 Å². The van der Waals surface area contributed by atoms with Crippen molar-refractivity contribution in [3.8, 4) is 0 Å². The highest BCUT2D eigenvalue weighted by molar-refractivity contribution is 5.75. The topological polar surface area (TPSA) is 72.9 Å². The van der Waals surface area contributed by atoms with E-state index in [-0.39, 0.29) is 25.0 Å². The third-order valence-corrected chi connectivity index (χ3v) is 3.42. The van der Waals surface area contributed by atoms with Crippen LogP contribution in [-0.4, -0.2) is 64.7 Å². The summed E-state index contributed by atoms with van der Waals surface area (Å²) in [5.41, 5.74) is 0. The Kier molecular flexibility index (Phi) is 9.01. The molecule has 0 rings (SSSR count). The predicted molar refractivity (Wildman–Crippen MR) is 84.5 cm³/mol. The van der Waals surface area contributed by atoms with Gasteiger partial charge in [0.25, 0.3) is 0 Å². The van der Waals surface area contributed by atoms with E-state index in [4.69, 9.17) is 5.11 Å². The normalized spacial score (nSPS) is 11.5. The van der Waals surface area contributed by atoms with E-state index < -0.39 is 5.97 Å². The minimum Gasteiger partial charge on any atom is -0.481 e. The number of carboxylic acids is 1. The fourth-order valence-corrected chi connectivity index (χ4v) is 2.32. The molecule has 0 aromatic carbocycles. The minimum atomic E-state index is -0.890. The molecule has 0 fully saturated rings. The van der Waals surface area contributed by atoms with E-state index in [9.17, 15) is 9.59 Å². The number of nitrogens with zero attached hydrogens (tertiary/aromatic N) is 2. The van der Waals surface area contributed by atoms with Gasteiger partial charge in [-0.3, -0.25) is 9.69 Å². The Balaban J connectivity index is 4.34. The van der Waals surface area contributed by atoms with Gasteiger partial charge in [0.05, 0.1) is 6.42 Å². The Labute approximate surface area is 128 Å². The van der Waals surface area contributed by atoms with Gasteiger partial charge in [-0.1, -0.05) is 0 Å². The van der Waals surface area contributed by atoms with Crippen molar-refractivity contribution in [2.75, 3.05) is 19.6 Å². The minimum absolute atomic E-state index is 0.0179. The maximum atomic E-state index is 12.1. The maximum Gasteiger partial charge on any atom is 0.317 e. The Bertz CT molecular complexity index is 322. The molecule has 2 N–H and O–H groups in total. The molecule has 2 amide bonds. The van der Waals surface area contributed by atoms with Gasteiger partial charge < -0.3 is 15.3 Å². The van der Waals surface area contributed by atoms with Crippen LogP contribution in [0.5, 0.6) is 0 Å². The molecule has 0 spiro atoms. The monoisotopic (exact) mass is 301 g/mol. The molecule has 0 heterocycles. The quantitative estimate of drug-likeness (QED) is 0.683. The van der Waals surface area contributed by atoms with E-state index in [1.807, 2.05) is 13.8 Å². The lowest BCUT2D eigenvalue weighted by molar-refractivity contribution is -0.137. The van der Waals surface area contributed by atoms with Gasteiger partial charge in [0.1, 0.15) is 0 Å². The highest BCUT2D eigenvalue weighted by Gasteiger charge is 2.18. The van der Waals surface area contributed by atoms with Crippen molar-refractivity contribution in [2.45, 2.75) is 66.1 Å². The van der Waals surface area contributed by atoms with Crippen molar-refractivity contribution in [1.82, 2.24) is 15.1 Å². The zero-order chi connectivity index (χ0) is 16.6. The highest BCUT2D eigenvalue weighted by Crippen LogP contribution is 2.04. The van der Waals surface area contributed by atoms with Crippen LogP contribution in [0.3, 0.4) is 0 Å². The van der Waals surface area contributed by atoms with E-state index in [1.165, 1.54) is 0 Å². The second-order valence-corrected chi connectivity index (χ2v) is 6.09. The highest BCUT2D eigenvalue weighted by atomic mass is 16.4. The zero-order valence-corrected chi connectivity index (χ0v) is 14.2. The molecular weight excluding hydrogens is 270 g/mol. The average Bonchev–Trinajstić information content (AvgIpc) is 2.32. The van der Waals surface area contributed by atoms with Crippen molar-refractivity contribution in [3.05, 3.63) is 0 Å². The van der Waals surface area contributed by atoms with E-state index in [0.717, 1.165) is 6.54 Å². The van der Waals surface area contributed by atoms with Crippen molar-refractivity contribution >= 4 is 12.0 Å². The average molecular weight is 301 g/mol. The first-order chi connectivity index (χ1) is 9.66. The summed E-state index contributed by atoms with van der Waals surface area (Å²) in [6, 6.07) is 0.639. The lowest BCUT2D eigenvalue weighted by Gasteiger charge is -2.31. The summed E-state index contributed by atoms with van der Waals surface area (Å²) < 4.78 is 0. The predicted octanol–water partition coefficient (Wildman–Crippen LogP) is 2.00. The second-order valence-electron chi connectivity index (χ2n) is 6.09. The molecule has 0 aliphatic rings. The van der Waals surface area contributed by atoms with Crippen LogP contribution in [0, 0.1) is 0 Å². The Morgan fingerprint density at radius 3 is 1.86 bits per heavy atom. The maximum absolute atomic E-state index is 12.1. The number of urea groups is 1. The van der Waals surface area contributed by atoms with Crippen LogP contribution in [0.2, 0.25) is 0 Å². The smallest absolute Gasteiger partial charge is 0.317 e. The van der Waals surface area contributed by atoms with E-state index in [2.05, 4.69) is 37.9 Å². The summed E-state index contributed by atoms with van der Waals surface area (Å²) in [4.78, 5) is 26.6. The Morgan fingerprint density at radius 1 is 0.952 bits per heavy atom. The van der Waals surface area contributed by atoms with Crippen molar-refractivity contribution in [1.29, 1.82) is 0 Å². The summed E-state index contributed by atoms with van der Waals surface area (Å²) in [6.07, 6.45) is -0.0320. The first-order valence-electron chi connectivity index (χ1n) is 7.68. The van der Waals surface area contributed by atoms with Crippen LogP contribution in [-0.2, 0) is 4.79 Å². The SMILES string of the molecule is CC(C)N(CCC(=O)O)C(=O)NCCN(C(C)C)C(C)C. The van der Waals surface area contributed by atoms with Crippen LogP contribution < -0.4 is 5.32 Å². The third kappa shape index (κ3) is 7.90. The number of carbonyl (C=O) groups excluding carboxylic acids is 1. The molecule has 0 aromatic heterocycles. The van der Waals surface area contributed by atoms with Gasteiger partial charge in [0, 0.05) is 37.8 Å². The molecule has 0 aliphatic carbocycles. The standard InChI is InChI=1S/C15H31N3O3/c1-11(2)17(12(3)4)10-8-16-15(21)18(13(5)6)9-7-14(19)20/h11-13H,7-10H2,1-6H3,(H,16,21)(H,19,20). The fraction of sp³-hybridized carbons (Fsp3) is 0.867. The molecule has 0 saturated heterocycles. The first kappa shape index (κ1) is 19.7. The van der Waals surface area contributed by atoms with Gasteiger partial charge >= 0.3 is 12.0 Å². The molecule has 0 radical (unpaired) electrons. The van der Waals surface area contributed by atoms with Crippen LogP contribution in [0.4, 0.5) is 4.79 Å².